The molecular formula is C9H9FO3. The van der Waals surface area contributed by atoms with E-state index in [9.17, 15) is 9.18 Å². The summed E-state index contributed by atoms with van der Waals surface area (Å²) in [5, 5.41) is 8.95. The van der Waals surface area contributed by atoms with Gasteiger partial charge < -0.3 is 9.84 Å². The van der Waals surface area contributed by atoms with Gasteiger partial charge in [0.1, 0.15) is 0 Å². The molecule has 1 aromatic rings. The van der Waals surface area contributed by atoms with E-state index in [-0.39, 0.29) is 11.1 Å². The van der Waals surface area contributed by atoms with Crippen molar-refractivity contribution in [2.24, 2.45) is 0 Å². The van der Waals surface area contributed by atoms with Gasteiger partial charge in [-0.25, -0.2) is 9.18 Å². The first-order valence-corrected chi connectivity index (χ1v) is 3.64. The normalized spacial score (nSPS) is 9.77. The molecule has 0 spiro atoms. The van der Waals surface area contributed by atoms with Gasteiger partial charge in [0.05, 0.1) is 12.7 Å². The van der Waals surface area contributed by atoms with Crippen LogP contribution in [0.1, 0.15) is 15.9 Å². The van der Waals surface area contributed by atoms with E-state index in [1.165, 1.54) is 20.1 Å². The lowest BCUT2D eigenvalue weighted by Crippen LogP contribution is -2.04. The minimum atomic E-state index is -0.789. The number of carbonyl (C=O) groups excluding carboxylic acids is 1. The monoisotopic (exact) mass is 184 g/mol. The fourth-order valence-corrected chi connectivity index (χ4v) is 1.00. The molecular weight excluding hydrogens is 175 g/mol. The number of carbonyl (C=O) groups is 1. The number of hydrogen-bond acceptors (Lipinski definition) is 3. The molecule has 1 aromatic carbocycles. The molecule has 0 bridgehead atoms. The Bertz CT molecular complexity index is 347. The molecule has 0 aromatic heterocycles. The van der Waals surface area contributed by atoms with Gasteiger partial charge in [0.25, 0.3) is 0 Å². The van der Waals surface area contributed by atoms with Gasteiger partial charge >= 0.3 is 5.97 Å². The van der Waals surface area contributed by atoms with Crippen molar-refractivity contribution in [3.05, 3.63) is 29.1 Å². The van der Waals surface area contributed by atoms with Crippen molar-refractivity contribution in [2.75, 3.05) is 7.11 Å². The third-order valence-corrected chi connectivity index (χ3v) is 1.77. The molecule has 0 heterocycles. The Labute approximate surface area is 74.8 Å². The van der Waals surface area contributed by atoms with Crippen LogP contribution in [0.3, 0.4) is 0 Å². The highest BCUT2D eigenvalue weighted by Gasteiger charge is 2.14. The Morgan fingerprint density at radius 3 is 2.69 bits per heavy atom. The first-order chi connectivity index (χ1) is 6.07. The predicted octanol–water partition coefficient (Wildman–Crippen LogP) is 1.63. The van der Waals surface area contributed by atoms with Crippen LogP contribution in [0.15, 0.2) is 12.1 Å². The maximum Gasteiger partial charge on any atom is 0.338 e. The van der Waals surface area contributed by atoms with Crippen LogP contribution in [0, 0.1) is 12.7 Å². The van der Waals surface area contributed by atoms with Gasteiger partial charge in [-0.15, -0.1) is 0 Å². The van der Waals surface area contributed by atoms with Crippen LogP contribution < -0.4 is 0 Å². The van der Waals surface area contributed by atoms with Gasteiger partial charge in [0.2, 0.25) is 0 Å². The van der Waals surface area contributed by atoms with Gasteiger partial charge in [-0.3, -0.25) is 0 Å². The Balaban J connectivity index is 3.26. The fraction of sp³-hybridized carbons (Fsp3) is 0.222. The second kappa shape index (κ2) is 3.43. The van der Waals surface area contributed by atoms with E-state index in [4.69, 9.17) is 5.11 Å². The summed E-state index contributed by atoms with van der Waals surface area (Å²) < 4.78 is 17.5. The highest BCUT2D eigenvalue weighted by atomic mass is 19.1. The average Bonchev–Trinajstić information content (AvgIpc) is 2.13. The summed E-state index contributed by atoms with van der Waals surface area (Å²) in [5.41, 5.74) is 0.213. The Kier molecular flexibility index (Phi) is 2.51. The lowest BCUT2D eigenvalue weighted by molar-refractivity contribution is 0.0599. The zero-order valence-electron chi connectivity index (χ0n) is 7.30. The molecule has 4 heteroatoms. The van der Waals surface area contributed by atoms with Crippen LogP contribution in [0.5, 0.6) is 5.75 Å². The van der Waals surface area contributed by atoms with Crippen LogP contribution in [0.4, 0.5) is 4.39 Å². The molecule has 0 unspecified atom stereocenters. The molecule has 0 saturated carbocycles. The van der Waals surface area contributed by atoms with Crippen molar-refractivity contribution < 1.29 is 19.0 Å². The lowest BCUT2D eigenvalue weighted by atomic mass is 10.1. The third kappa shape index (κ3) is 1.61. The van der Waals surface area contributed by atoms with Gasteiger partial charge in [-0.2, -0.15) is 0 Å². The summed E-state index contributed by atoms with van der Waals surface area (Å²) in [6.07, 6.45) is 0. The van der Waals surface area contributed by atoms with Crippen LogP contribution in [-0.2, 0) is 4.74 Å². The number of benzene rings is 1. The summed E-state index contributed by atoms with van der Waals surface area (Å²) in [6.45, 7) is 1.40. The summed E-state index contributed by atoms with van der Waals surface area (Å²) in [5.74, 6) is -1.87. The lowest BCUT2D eigenvalue weighted by Gasteiger charge is -2.05. The molecule has 0 atom stereocenters. The average molecular weight is 184 g/mol. The minimum Gasteiger partial charge on any atom is -0.505 e. The first-order valence-electron chi connectivity index (χ1n) is 3.64. The smallest absolute Gasteiger partial charge is 0.338 e. The Hall–Kier alpha value is -1.58. The van der Waals surface area contributed by atoms with Crippen molar-refractivity contribution in [3.63, 3.8) is 0 Å². The van der Waals surface area contributed by atoms with E-state index in [0.717, 1.165) is 6.07 Å². The van der Waals surface area contributed by atoms with Gasteiger partial charge in [-0.05, 0) is 19.1 Å². The van der Waals surface area contributed by atoms with E-state index >= 15 is 0 Å². The fourth-order valence-electron chi connectivity index (χ4n) is 1.00. The molecule has 70 valence electrons. The van der Waals surface area contributed by atoms with Crippen molar-refractivity contribution >= 4 is 5.97 Å². The van der Waals surface area contributed by atoms with E-state index in [1.807, 2.05) is 0 Å². The van der Waals surface area contributed by atoms with Crippen LogP contribution in [0.25, 0.3) is 0 Å². The molecule has 0 aliphatic carbocycles. The summed E-state index contributed by atoms with van der Waals surface area (Å²) in [4.78, 5) is 11.0. The number of methoxy groups -OCH3 is 1. The number of rotatable bonds is 1. The highest BCUT2D eigenvalue weighted by molar-refractivity contribution is 5.91. The molecule has 0 saturated heterocycles. The van der Waals surface area contributed by atoms with E-state index < -0.39 is 17.5 Å². The zero-order valence-corrected chi connectivity index (χ0v) is 7.30. The molecule has 0 aliphatic heterocycles. The van der Waals surface area contributed by atoms with Gasteiger partial charge in [-0.1, -0.05) is 0 Å². The largest absolute Gasteiger partial charge is 0.505 e. The summed E-state index contributed by atoms with van der Waals surface area (Å²) in [7, 11) is 1.21. The van der Waals surface area contributed by atoms with Crippen molar-refractivity contribution in [3.8, 4) is 5.75 Å². The highest BCUT2D eigenvalue weighted by Crippen LogP contribution is 2.22. The minimum absolute atomic E-state index is 0.0897. The predicted molar refractivity (Wildman–Crippen MR) is 44.1 cm³/mol. The number of esters is 1. The number of ether oxygens (including phenoxy) is 1. The Morgan fingerprint density at radius 1 is 1.54 bits per heavy atom. The summed E-state index contributed by atoms with van der Waals surface area (Å²) in [6, 6.07) is 2.44. The SMILES string of the molecule is COC(=O)c1ccc(O)c(F)c1C. The van der Waals surface area contributed by atoms with Gasteiger partial charge in [0.15, 0.2) is 11.6 Å². The Morgan fingerprint density at radius 2 is 2.15 bits per heavy atom. The zero-order chi connectivity index (χ0) is 10.0. The van der Waals surface area contributed by atoms with Crippen LogP contribution in [-0.4, -0.2) is 18.2 Å². The second-order valence-electron chi connectivity index (χ2n) is 2.56. The maximum atomic E-state index is 13.0. The van der Waals surface area contributed by atoms with E-state index in [1.54, 1.807) is 0 Å². The molecule has 1 rings (SSSR count). The van der Waals surface area contributed by atoms with Crippen molar-refractivity contribution in [1.29, 1.82) is 0 Å². The van der Waals surface area contributed by atoms with Crippen LogP contribution >= 0.6 is 0 Å². The number of halogens is 1. The second-order valence-corrected chi connectivity index (χ2v) is 2.56. The maximum absolute atomic E-state index is 13.0. The summed E-state index contributed by atoms with van der Waals surface area (Å²) >= 11 is 0. The number of aromatic hydroxyl groups is 1. The third-order valence-electron chi connectivity index (χ3n) is 1.77. The molecule has 1 N–H and O–H groups in total. The standard InChI is InChI=1S/C9H9FO3/c1-5-6(9(12)13-2)3-4-7(11)8(5)10/h3-4,11H,1-2H3. The number of phenolic OH excluding ortho intramolecular Hbond substituents is 1. The van der Waals surface area contributed by atoms with Crippen LogP contribution in [0.2, 0.25) is 0 Å². The van der Waals surface area contributed by atoms with Crippen molar-refractivity contribution in [1.82, 2.24) is 0 Å². The molecule has 0 aliphatic rings. The van der Waals surface area contributed by atoms with E-state index in [0.29, 0.717) is 0 Å². The topological polar surface area (TPSA) is 46.5 Å². The molecule has 3 nitrogen and oxygen atoms in total. The van der Waals surface area contributed by atoms with Gasteiger partial charge in [0, 0.05) is 5.56 Å². The molecule has 0 radical (unpaired) electrons. The van der Waals surface area contributed by atoms with Crippen molar-refractivity contribution in [2.45, 2.75) is 6.92 Å². The van der Waals surface area contributed by atoms with E-state index in [2.05, 4.69) is 4.74 Å². The quantitative estimate of drug-likeness (QED) is 0.674. The first kappa shape index (κ1) is 9.51. The molecule has 13 heavy (non-hydrogen) atoms. The number of hydrogen-bond donors (Lipinski definition) is 1. The molecule has 0 amide bonds. The molecule has 0 fully saturated rings. The number of phenols is 1.